The minimum absolute atomic E-state index is 0.103. The number of hydrogen-bond acceptors (Lipinski definition) is 2. The Balaban J connectivity index is 2.04. The highest BCUT2D eigenvalue weighted by Gasteiger charge is 2.18. The maximum atomic E-state index is 10.9. The number of carboxylic acids is 1. The number of aliphatic carboxylic acids is 1. The number of carbonyl (C=O) groups is 1. The van der Waals surface area contributed by atoms with Gasteiger partial charge in [-0.1, -0.05) is 42.1 Å². The second-order valence-corrected chi connectivity index (χ2v) is 5.43. The van der Waals surface area contributed by atoms with Crippen molar-refractivity contribution in [1.29, 1.82) is 0 Å². The van der Waals surface area contributed by atoms with Crippen LogP contribution in [0.25, 0.3) is 0 Å². The molecular formula is C15H12O2S. The zero-order valence-electron chi connectivity index (χ0n) is 9.72. The topological polar surface area (TPSA) is 37.3 Å². The third-order valence-corrected chi connectivity index (χ3v) is 4.35. The summed E-state index contributed by atoms with van der Waals surface area (Å²) in [5.41, 5.74) is 3.39. The molecule has 0 fully saturated rings. The lowest BCUT2D eigenvalue weighted by Crippen LogP contribution is -2.07. The molecule has 1 heterocycles. The highest BCUT2D eigenvalue weighted by Crippen LogP contribution is 2.40. The maximum Gasteiger partial charge on any atom is 0.307 e. The smallest absolute Gasteiger partial charge is 0.307 e. The van der Waals surface area contributed by atoms with Gasteiger partial charge in [0.1, 0.15) is 0 Å². The molecule has 3 heteroatoms. The number of hydrogen-bond donors (Lipinski definition) is 1. The minimum atomic E-state index is -0.771. The summed E-state index contributed by atoms with van der Waals surface area (Å²) in [5, 5.41) is 8.96. The summed E-state index contributed by atoms with van der Waals surface area (Å²) in [4.78, 5) is 13.4. The third kappa shape index (κ3) is 2.02. The van der Waals surface area contributed by atoms with Gasteiger partial charge in [-0.2, -0.15) is 0 Å². The Kier molecular flexibility index (Phi) is 2.84. The lowest BCUT2D eigenvalue weighted by Gasteiger charge is -2.21. The van der Waals surface area contributed by atoms with Crippen LogP contribution >= 0.6 is 11.8 Å². The summed E-state index contributed by atoms with van der Waals surface area (Å²) in [6, 6.07) is 14.2. The molecule has 2 aromatic carbocycles. The maximum absolute atomic E-state index is 10.9. The Bertz CT molecular complexity index is 620. The van der Waals surface area contributed by atoms with Gasteiger partial charge in [0, 0.05) is 9.79 Å². The lowest BCUT2D eigenvalue weighted by molar-refractivity contribution is -0.136. The predicted octanol–water partition coefficient (Wildman–Crippen LogP) is 3.37. The van der Waals surface area contributed by atoms with Crippen molar-refractivity contribution in [2.24, 2.45) is 0 Å². The van der Waals surface area contributed by atoms with Crippen LogP contribution in [0.15, 0.2) is 52.3 Å². The molecule has 0 aromatic heterocycles. The lowest BCUT2D eigenvalue weighted by atomic mass is 9.97. The summed E-state index contributed by atoms with van der Waals surface area (Å²) >= 11 is 1.73. The zero-order chi connectivity index (χ0) is 12.5. The van der Waals surface area contributed by atoms with Crippen LogP contribution in [-0.2, 0) is 17.6 Å². The minimum Gasteiger partial charge on any atom is -0.481 e. The zero-order valence-corrected chi connectivity index (χ0v) is 10.5. The highest BCUT2D eigenvalue weighted by atomic mass is 32.2. The average Bonchev–Trinajstić information content (AvgIpc) is 2.36. The highest BCUT2D eigenvalue weighted by molar-refractivity contribution is 7.99. The third-order valence-electron chi connectivity index (χ3n) is 3.13. The first-order valence-corrected chi connectivity index (χ1v) is 6.64. The van der Waals surface area contributed by atoms with Crippen molar-refractivity contribution in [1.82, 2.24) is 0 Å². The molecule has 0 bridgehead atoms. The van der Waals surface area contributed by atoms with Crippen LogP contribution in [0.3, 0.4) is 0 Å². The fraction of sp³-hybridized carbons (Fsp3) is 0.133. The van der Waals surface area contributed by atoms with E-state index in [9.17, 15) is 4.79 Å². The van der Waals surface area contributed by atoms with Crippen LogP contribution in [-0.4, -0.2) is 11.1 Å². The second kappa shape index (κ2) is 4.50. The molecular weight excluding hydrogens is 244 g/mol. The second-order valence-electron chi connectivity index (χ2n) is 4.35. The molecule has 2 nitrogen and oxygen atoms in total. The summed E-state index contributed by atoms with van der Waals surface area (Å²) in [7, 11) is 0. The largest absolute Gasteiger partial charge is 0.481 e. The molecule has 0 aliphatic carbocycles. The van der Waals surface area contributed by atoms with Crippen molar-refractivity contribution in [2.75, 3.05) is 0 Å². The molecule has 0 unspecified atom stereocenters. The Morgan fingerprint density at radius 1 is 1.11 bits per heavy atom. The van der Waals surface area contributed by atoms with Gasteiger partial charge in [-0.25, -0.2) is 0 Å². The summed E-state index contributed by atoms with van der Waals surface area (Å²) < 4.78 is 0. The Morgan fingerprint density at radius 3 is 2.72 bits per heavy atom. The van der Waals surface area contributed by atoms with E-state index in [1.165, 1.54) is 20.9 Å². The number of rotatable bonds is 2. The van der Waals surface area contributed by atoms with Crippen LogP contribution in [0.1, 0.15) is 16.7 Å². The van der Waals surface area contributed by atoms with E-state index in [4.69, 9.17) is 5.11 Å². The van der Waals surface area contributed by atoms with Gasteiger partial charge in [0.2, 0.25) is 0 Å². The fourth-order valence-electron chi connectivity index (χ4n) is 2.29. The predicted molar refractivity (Wildman–Crippen MR) is 71.2 cm³/mol. The average molecular weight is 256 g/mol. The number of fused-ring (bicyclic) bond motifs is 2. The Labute approximate surface area is 110 Å². The number of carboxylic acid groups (broad SMARTS) is 1. The first-order valence-electron chi connectivity index (χ1n) is 5.82. The molecule has 1 N–H and O–H groups in total. The van der Waals surface area contributed by atoms with E-state index >= 15 is 0 Å². The van der Waals surface area contributed by atoms with Gasteiger partial charge in [-0.05, 0) is 35.2 Å². The molecule has 18 heavy (non-hydrogen) atoms. The molecule has 0 saturated carbocycles. The van der Waals surface area contributed by atoms with Gasteiger partial charge in [0.15, 0.2) is 0 Å². The molecule has 0 spiro atoms. The van der Waals surface area contributed by atoms with Crippen molar-refractivity contribution >= 4 is 17.7 Å². The van der Waals surface area contributed by atoms with E-state index in [0.717, 1.165) is 12.0 Å². The molecule has 0 saturated heterocycles. The van der Waals surface area contributed by atoms with Gasteiger partial charge in [0.25, 0.3) is 0 Å². The van der Waals surface area contributed by atoms with Crippen molar-refractivity contribution < 1.29 is 9.90 Å². The Hall–Kier alpha value is -1.74. The first kappa shape index (κ1) is 11.4. The molecule has 90 valence electrons. The van der Waals surface area contributed by atoms with E-state index in [2.05, 4.69) is 18.2 Å². The van der Waals surface area contributed by atoms with Crippen LogP contribution in [0.4, 0.5) is 0 Å². The van der Waals surface area contributed by atoms with E-state index in [0.29, 0.717) is 0 Å². The normalized spacial score (nSPS) is 12.7. The standard InChI is InChI=1S/C15H12O2S/c16-15(17)9-10-5-3-7-14-12(10)8-11-4-1-2-6-13(11)18-14/h1-7H,8-9H2,(H,16,17). The van der Waals surface area contributed by atoms with Crippen molar-refractivity contribution in [3.8, 4) is 0 Å². The van der Waals surface area contributed by atoms with Gasteiger partial charge >= 0.3 is 5.97 Å². The van der Waals surface area contributed by atoms with Crippen LogP contribution in [0, 0.1) is 0 Å². The van der Waals surface area contributed by atoms with Gasteiger partial charge < -0.3 is 5.11 Å². The number of benzene rings is 2. The van der Waals surface area contributed by atoms with Crippen LogP contribution in [0.2, 0.25) is 0 Å². The SMILES string of the molecule is O=C(O)Cc1cccc2c1Cc1ccccc1S2. The van der Waals surface area contributed by atoms with E-state index in [1.54, 1.807) is 11.8 Å². The van der Waals surface area contributed by atoms with Gasteiger partial charge in [-0.15, -0.1) is 0 Å². The van der Waals surface area contributed by atoms with Crippen LogP contribution in [0.5, 0.6) is 0 Å². The molecule has 2 aromatic rings. The van der Waals surface area contributed by atoms with E-state index < -0.39 is 5.97 Å². The van der Waals surface area contributed by atoms with E-state index in [1.807, 2.05) is 24.3 Å². The van der Waals surface area contributed by atoms with Crippen molar-refractivity contribution in [3.63, 3.8) is 0 Å². The summed E-state index contributed by atoms with van der Waals surface area (Å²) in [6.45, 7) is 0. The Morgan fingerprint density at radius 2 is 1.89 bits per heavy atom. The summed E-state index contributed by atoms with van der Waals surface area (Å²) in [5.74, 6) is -0.771. The first-order chi connectivity index (χ1) is 8.74. The van der Waals surface area contributed by atoms with Crippen molar-refractivity contribution in [2.45, 2.75) is 22.6 Å². The van der Waals surface area contributed by atoms with Gasteiger partial charge in [0.05, 0.1) is 6.42 Å². The van der Waals surface area contributed by atoms with Crippen LogP contribution < -0.4 is 0 Å². The monoisotopic (exact) mass is 256 g/mol. The molecule has 1 aliphatic heterocycles. The fourth-order valence-corrected chi connectivity index (χ4v) is 3.42. The van der Waals surface area contributed by atoms with Crippen molar-refractivity contribution in [3.05, 3.63) is 59.2 Å². The molecule has 0 atom stereocenters. The quantitative estimate of drug-likeness (QED) is 0.764. The van der Waals surface area contributed by atoms with Gasteiger partial charge in [-0.3, -0.25) is 4.79 Å². The summed E-state index contributed by atoms with van der Waals surface area (Å²) in [6.07, 6.45) is 0.938. The molecule has 0 amide bonds. The molecule has 0 radical (unpaired) electrons. The molecule has 3 rings (SSSR count). The van der Waals surface area contributed by atoms with E-state index in [-0.39, 0.29) is 6.42 Å². The molecule has 1 aliphatic rings.